The van der Waals surface area contributed by atoms with Crippen molar-refractivity contribution in [2.45, 2.75) is 0 Å². The topological polar surface area (TPSA) is 17.3 Å². The van der Waals surface area contributed by atoms with E-state index >= 15 is 0 Å². The van der Waals surface area contributed by atoms with Gasteiger partial charge < -0.3 is 4.40 Å². The van der Waals surface area contributed by atoms with Gasteiger partial charge in [0.2, 0.25) is 0 Å². The zero-order valence-electron chi connectivity index (χ0n) is 10.7. The molecule has 0 N–H and O–H groups in total. The lowest BCUT2D eigenvalue weighted by atomic mass is 10.1. The SMILES string of the molecule is Br.c1ccc2cc(-c3cn4ccccc4n3)ccc2c1. The number of hydrogen-bond acceptors (Lipinski definition) is 1. The minimum absolute atomic E-state index is 0. The second-order valence-corrected chi connectivity index (χ2v) is 4.65. The highest BCUT2D eigenvalue weighted by Crippen LogP contribution is 2.24. The van der Waals surface area contributed by atoms with Gasteiger partial charge in [-0.3, -0.25) is 0 Å². The third-order valence-corrected chi connectivity index (χ3v) is 3.41. The first kappa shape index (κ1) is 12.9. The van der Waals surface area contributed by atoms with Crippen molar-refractivity contribution in [3.63, 3.8) is 0 Å². The number of halogens is 1. The Morgan fingerprint density at radius 1 is 0.800 bits per heavy atom. The molecule has 0 aliphatic rings. The van der Waals surface area contributed by atoms with Crippen LogP contribution in [0.15, 0.2) is 73.1 Å². The van der Waals surface area contributed by atoms with Crippen molar-refractivity contribution < 1.29 is 0 Å². The van der Waals surface area contributed by atoms with E-state index in [1.165, 1.54) is 10.8 Å². The minimum atomic E-state index is 0. The van der Waals surface area contributed by atoms with E-state index < -0.39 is 0 Å². The Morgan fingerprint density at radius 3 is 2.45 bits per heavy atom. The molecule has 4 aromatic rings. The first-order valence-corrected chi connectivity index (χ1v) is 6.33. The standard InChI is InChI=1S/C17H12N2.BrH/c1-2-6-14-11-15(9-8-13(14)5-1)16-12-19-10-4-3-7-17(19)18-16;/h1-12H;1H. The first-order valence-electron chi connectivity index (χ1n) is 6.33. The molecule has 20 heavy (non-hydrogen) atoms. The fraction of sp³-hybridized carbons (Fsp3) is 0. The predicted molar refractivity (Wildman–Crippen MR) is 88.5 cm³/mol. The molecule has 0 amide bonds. The zero-order chi connectivity index (χ0) is 12.7. The van der Waals surface area contributed by atoms with E-state index in [1.807, 2.05) is 28.8 Å². The maximum Gasteiger partial charge on any atom is 0.137 e. The number of imidazole rings is 1. The molecule has 2 aromatic heterocycles. The number of pyridine rings is 1. The minimum Gasteiger partial charge on any atom is -0.306 e. The Bertz CT molecular complexity index is 847. The molecule has 0 aliphatic carbocycles. The van der Waals surface area contributed by atoms with Crippen molar-refractivity contribution in [3.05, 3.63) is 73.1 Å². The summed E-state index contributed by atoms with van der Waals surface area (Å²) in [5.74, 6) is 0. The highest BCUT2D eigenvalue weighted by atomic mass is 79.9. The molecule has 2 heterocycles. The molecule has 3 heteroatoms. The van der Waals surface area contributed by atoms with E-state index in [1.54, 1.807) is 0 Å². The van der Waals surface area contributed by atoms with Crippen LogP contribution in [0, 0.1) is 0 Å². The third-order valence-electron chi connectivity index (χ3n) is 3.41. The number of nitrogens with zero attached hydrogens (tertiary/aromatic N) is 2. The van der Waals surface area contributed by atoms with Crippen molar-refractivity contribution >= 4 is 33.4 Å². The van der Waals surface area contributed by atoms with Gasteiger partial charge in [0.25, 0.3) is 0 Å². The summed E-state index contributed by atoms with van der Waals surface area (Å²) in [7, 11) is 0. The molecule has 0 aliphatic heterocycles. The van der Waals surface area contributed by atoms with Crippen molar-refractivity contribution in [2.75, 3.05) is 0 Å². The van der Waals surface area contributed by atoms with Crippen LogP contribution in [-0.2, 0) is 0 Å². The summed E-state index contributed by atoms with van der Waals surface area (Å²) in [4.78, 5) is 4.65. The van der Waals surface area contributed by atoms with Crippen LogP contribution in [0.4, 0.5) is 0 Å². The average Bonchev–Trinajstić information content (AvgIpc) is 2.90. The van der Waals surface area contributed by atoms with Crippen molar-refractivity contribution in [1.29, 1.82) is 0 Å². The Balaban J connectivity index is 0.00000121. The molecular weight excluding hydrogens is 312 g/mol. The summed E-state index contributed by atoms with van der Waals surface area (Å²) in [6.45, 7) is 0. The molecule has 0 unspecified atom stereocenters. The molecular formula is C17H13BrN2. The lowest BCUT2D eigenvalue weighted by Crippen LogP contribution is -1.78. The first-order chi connectivity index (χ1) is 9.40. The Labute approximate surface area is 127 Å². The summed E-state index contributed by atoms with van der Waals surface area (Å²) in [5, 5.41) is 2.51. The molecule has 0 spiro atoms. The Morgan fingerprint density at radius 2 is 1.60 bits per heavy atom. The van der Waals surface area contributed by atoms with Gasteiger partial charge in [0.15, 0.2) is 0 Å². The van der Waals surface area contributed by atoms with Crippen LogP contribution in [0.3, 0.4) is 0 Å². The number of benzene rings is 2. The number of hydrogen-bond donors (Lipinski definition) is 0. The van der Waals surface area contributed by atoms with Crippen molar-refractivity contribution in [1.82, 2.24) is 9.38 Å². The molecule has 2 aromatic carbocycles. The lowest BCUT2D eigenvalue weighted by Gasteiger charge is -2.00. The smallest absolute Gasteiger partial charge is 0.137 e. The fourth-order valence-electron chi connectivity index (χ4n) is 2.42. The quantitative estimate of drug-likeness (QED) is 0.494. The van der Waals surface area contributed by atoms with Gasteiger partial charge in [0, 0.05) is 18.0 Å². The summed E-state index contributed by atoms with van der Waals surface area (Å²) in [6, 6.07) is 20.9. The van der Waals surface area contributed by atoms with Crippen molar-refractivity contribution in [2.24, 2.45) is 0 Å². The van der Waals surface area contributed by atoms with Gasteiger partial charge >= 0.3 is 0 Å². The predicted octanol–water partition coefficient (Wildman–Crippen LogP) is 4.73. The second-order valence-electron chi connectivity index (χ2n) is 4.65. The number of rotatable bonds is 1. The normalized spacial score (nSPS) is 10.6. The van der Waals surface area contributed by atoms with Crippen LogP contribution in [0.2, 0.25) is 0 Å². The molecule has 0 bridgehead atoms. The van der Waals surface area contributed by atoms with Gasteiger partial charge in [-0.05, 0) is 29.0 Å². The van der Waals surface area contributed by atoms with E-state index in [0.717, 1.165) is 16.9 Å². The summed E-state index contributed by atoms with van der Waals surface area (Å²) in [6.07, 6.45) is 4.09. The molecule has 4 rings (SSSR count). The van der Waals surface area contributed by atoms with E-state index in [0.29, 0.717) is 0 Å². The largest absolute Gasteiger partial charge is 0.306 e. The fourth-order valence-corrected chi connectivity index (χ4v) is 2.42. The molecule has 0 radical (unpaired) electrons. The highest BCUT2D eigenvalue weighted by Gasteiger charge is 2.04. The molecule has 0 saturated carbocycles. The molecule has 2 nitrogen and oxygen atoms in total. The lowest BCUT2D eigenvalue weighted by molar-refractivity contribution is 1.19. The van der Waals surface area contributed by atoms with E-state index in [-0.39, 0.29) is 17.0 Å². The maximum absolute atomic E-state index is 4.65. The van der Waals surface area contributed by atoms with Gasteiger partial charge in [-0.25, -0.2) is 4.98 Å². The summed E-state index contributed by atoms with van der Waals surface area (Å²) < 4.78 is 2.05. The maximum atomic E-state index is 4.65. The van der Waals surface area contributed by atoms with Crippen LogP contribution in [0.1, 0.15) is 0 Å². The second kappa shape index (κ2) is 5.10. The molecule has 0 fully saturated rings. The zero-order valence-corrected chi connectivity index (χ0v) is 12.4. The monoisotopic (exact) mass is 324 g/mol. The molecule has 98 valence electrons. The summed E-state index contributed by atoms with van der Waals surface area (Å²) >= 11 is 0. The summed E-state index contributed by atoms with van der Waals surface area (Å²) in [5.41, 5.74) is 3.14. The van der Waals surface area contributed by atoms with Crippen LogP contribution in [-0.4, -0.2) is 9.38 Å². The van der Waals surface area contributed by atoms with Gasteiger partial charge in [-0.2, -0.15) is 0 Å². The van der Waals surface area contributed by atoms with Gasteiger partial charge in [0.1, 0.15) is 5.65 Å². The molecule has 0 atom stereocenters. The van der Waals surface area contributed by atoms with Gasteiger partial charge in [0.05, 0.1) is 5.69 Å². The van der Waals surface area contributed by atoms with Crippen molar-refractivity contribution in [3.8, 4) is 11.3 Å². The number of aromatic nitrogens is 2. The molecule has 0 saturated heterocycles. The van der Waals surface area contributed by atoms with E-state index in [9.17, 15) is 0 Å². The average molecular weight is 325 g/mol. The Hall–Kier alpha value is -2.13. The van der Waals surface area contributed by atoms with Crippen LogP contribution in [0.25, 0.3) is 27.7 Å². The highest BCUT2D eigenvalue weighted by molar-refractivity contribution is 8.93. The van der Waals surface area contributed by atoms with E-state index in [2.05, 4.69) is 53.6 Å². The van der Waals surface area contributed by atoms with Crippen LogP contribution >= 0.6 is 17.0 Å². The van der Waals surface area contributed by atoms with Gasteiger partial charge in [-0.1, -0.05) is 42.5 Å². The number of fused-ring (bicyclic) bond motifs is 2. The van der Waals surface area contributed by atoms with Gasteiger partial charge in [-0.15, -0.1) is 17.0 Å². The van der Waals surface area contributed by atoms with Crippen LogP contribution < -0.4 is 0 Å². The third kappa shape index (κ3) is 2.10. The Kier molecular flexibility index (Phi) is 3.28. The van der Waals surface area contributed by atoms with E-state index in [4.69, 9.17) is 0 Å². The van der Waals surface area contributed by atoms with Crippen LogP contribution in [0.5, 0.6) is 0 Å².